The minimum Gasteiger partial charge on any atom is -0.489 e. The number of hydrogen-bond donors (Lipinski definition) is 0. The monoisotopic (exact) mass is 340 g/mol. The van der Waals surface area contributed by atoms with Crippen LogP contribution in [0.2, 0.25) is 0 Å². The van der Waals surface area contributed by atoms with Gasteiger partial charge in [-0.25, -0.2) is 0 Å². The van der Waals surface area contributed by atoms with E-state index in [2.05, 4.69) is 11.0 Å². The number of benzene rings is 2. The van der Waals surface area contributed by atoms with Gasteiger partial charge in [-0.05, 0) is 24.3 Å². The van der Waals surface area contributed by atoms with Gasteiger partial charge in [-0.1, -0.05) is 30.3 Å². The Bertz CT molecular complexity index is 682. The van der Waals surface area contributed by atoms with Gasteiger partial charge >= 0.3 is 0 Å². The highest BCUT2D eigenvalue weighted by molar-refractivity contribution is 5.94. The van der Waals surface area contributed by atoms with Crippen LogP contribution in [0.1, 0.15) is 10.4 Å². The first-order valence-corrected chi connectivity index (χ1v) is 8.59. The van der Waals surface area contributed by atoms with Crippen molar-refractivity contribution < 1.29 is 14.3 Å². The van der Waals surface area contributed by atoms with Gasteiger partial charge in [0, 0.05) is 38.9 Å². The van der Waals surface area contributed by atoms with Crippen LogP contribution < -0.4 is 9.64 Å². The largest absolute Gasteiger partial charge is 0.489 e. The van der Waals surface area contributed by atoms with Crippen molar-refractivity contribution in [2.45, 2.75) is 0 Å². The van der Waals surface area contributed by atoms with E-state index in [0.29, 0.717) is 26.3 Å². The fraction of sp³-hybridized carbons (Fsp3) is 0.350. The molecule has 0 unspecified atom stereocenters. The van der Waals surface area contributed by atoms with Crippen molar-refractivity contribution >= 4 is 11.6 Å². The Labute approximate surface area is 148 Å². The van der Waals surface area contributed by atoms with Crippen LogP contribution in [0.4, 0.5) is 5.69 Å². The molecular weight excluding hydrogens is 316 g/mol. The van der Waals surface area contributed by atoms with Crippen LogP contribution >= 0.6 is 0 Å². The van der Waals surface area contributed by atoms with Gasteiger partial charge in [-0.15, -0.1) is 0 Å². The molecule has 3 rings (SSSR count). The second-order valence-electron chi connectivity index (χ2n) is 5.95. The van der Waals surface area contributed by atoms with E-state index in [1.165, 1.54) is 0 Å². The van der Waals surface area contributed by atoms with Gasteiger partial charge in [0.15, 0.2) is 0 Å². The summed E-state index contributed by atoms with van der Waals surface area (Å²) < 4.78 is 10.9. The number of anilines is 1. The predicted octanol–water partition coefficient (Wildman–Crippen LogP) is 2.67. The summed E-state index contributed by atoms with van der Waals surface area (Å²) >= 11 is 0. The maximum absolute atomic E-state index is 12.6. The summed E-state index contributed by atoms with van der Waals surface area (Å²) in [6, 6.07) is 17.5. The summed E-state index contributed by atoms with van der Waals surface area (Å²) in [5.74, 6) is 0.965. The Kier molecular flexibility index (Phi) is 5.90. The minimum atomic E-state index is 0.102. The lowest BCUT2D eigenvalue weighted by atomic mass is 10.1. The topological polar surface area (TPSA) is 42.0 Å². The van der Waals surface area contributed by atoms with Crippen molar-refractivity contribution in [3.8, 4) is 5.75 Å². The molecule has 0 atom stereocenters. The molecule has 0 aliphatic carbocycles. The zero-order valence-corrected chi connectivity index (χ0v) is 14.6. The van der Waals surface area contributed by atoms with E-state index in [9.17, 15) is 4.79 Å². The van der Waals surface area contributed by atoms with Crippen LogP contribution in [0.15, 0.2) is 54.6 Å². The average Bonchev–Trinajstić information content (AvgIpc) is 2.69. The summed E-state index contributed by atoms with van der Waals surface area (Å²) in [5.41, 5.74) is 1.82. The van der Waals surface area contributed by atoms with Gasteiger partial charge in [0.1, 0.15) is 12.4 Å². The third-order valence-electron chi connectivity index (χ3n) is 4.34. The van der Waals surface area contributed by atoms with Crippen LogP contribution in [-0.2, 0) is 4.74 Å². The summed E-state index contributed by atoms with van der Waals surface area (Å²) in [4.78, 5) is 16.7. The van der Waals surface area contributed by atoms with E-state index >= 15 is 0 Å². The van der Waals surface area contributed by atoms with Gasteiger partial charge in [-0.2, -0.15) is 0 Å². The SMILES string of the molecule is COCCOc1ccccc1N1CCN(C(=O)c2ccccc2)CC1. The lowest BCUT2D eigenvalue weighted by Gasteiger charge is -2.36. The van der Waals surface area contributed by atoms with Gasteiger partial charge in [-0.3, -0.25) is 4.79 Å². The number of amides is 1. The van der Waals surface area contributed by atoms with Crippen molar-refractivity contribution in [3.05, 3.63) is 60.2 Å². The van der Waals surface area contributed by atoms with E-state index in [1.54, 1.807) is 7.11 Å². The summed E-state index contributed by atoms with van der Waals surface area (Å²) in [6.45, 7) is 4.10. The fourth-order valence-corrected chi connectivity index (χ4v) is 2.99. The lowest BCUT2D eigenvalue weighted by molar-refractivity contribution is 0.0746. The third kappa shape index (κ3) is 4.31. The zero-order valence-electron chi connectivity index (χ0n) is 14.6. The Balaban J connectivity index is 1.62. The van der Waals surface area contributed by atoms with Crippen molar-refractivity contribution in [3.63, 3.8) is 0 Å². The minimum absolute atomic E-state index is 0.102. The second kappa shape index (κ2) is 8.53. The van der Waals surface area contributed by atoms with E-state index in [-0.39, 0.29) is 5.91 Å². The van der Waals surface area contributed by atoms with Gasteiger partial charge in [0.25, 0.3) is 5.91 Å². The van der Waals surface area contributed by atoms with E-state index in [4.69, 9.17) is 9.47 Å². The van der Waals surface area contributed by atoms with Gasteiger partial charge < -0.3 is 19.3 Å². The van der Waals surface area contributed by atoms with Crippen molar-refractivity contribution in [1.29, 1.82) is 0 Å². The molecule has 1 amide bonds. The number of para-hydroxylation sites is 2. The Morgan fingerprint density at radius 3 is 2.32 bits per heavy atom. The standard InChI is InChI=1S/C20H24N2O3/c1-24-15-16-25-19-10-6-5-9-18(19)21-11-13-22(14-12-21)20(23)17-7-3-2-4-8-17/h2-10H,11-16H2,1H3. The number of ether oxygens (including phenoxy) is 2. The molecule has 25 heavy (non-hydrogen) atoms. The number of carbonyl (C=O) groups is 1. The maximum atomic E-state index is 12.6. The maximum Gasteiger partial charge on any atom is 0.253 e. The highest BCUT2D eigenvalue weighted by Gasteiger charge is 2.23. The molecule has 5 nitrogen and oxygen atoms in total. The summed E-state index contributed by atoms with van der Waals surface area (Å²) in [7, 11) is 1.66. The Morgan fingerprint density at radius 1 is 0.920 bits per heavy atom. The predicted molar refractivity (Wildman–Crippen MR) is 98.4 cm³/mol. The van der Waals surface area contributed by atoms with Gasteiger partial charge in [0.05, 0.1) is 12.3 Å². The summed E-state index contributed by atoms with van der Waals surface area (Å²) in [5, 5.41) is 0. The molecule has 0 bridgehead atoms. The number of piperazine rings is 1. The van der Waals surface area contributed by atoms with Gasteiger partial charge in [0.2, 0.25) is 0 Å². The third-order valence-corrected chi connectivity index (χ3v) is 4.34. The molecule has 2 aromatic carbocycles. The van der Waals surface area contributed by atoms with E-state index in [0.717, 1.165) is 30.1 Å². The highest BCUT2D eigenvalue weighted by atomic mass is 16.5. The molecule has 1 aliphatic heterocycles. The molecule has 0 radical (unpaired) electrons. The average molecular weight is 340 g/mol. The first-order valence-electron chi connectivity index (χ1n) is 8.59. The summed E-state index contributed by atoms with van der Waals surface area (Å²) in [6.07, 6.45) is 0. The molecule has 132 valence electrons. The van der Waals surface area contributed by atoms with Crippen molar-refractivity contribution in [2.75, 3.05) is 51.4 Å². The number of methoxy groups -OCH3 is 1. The molecule has 1 aliphatic rings. The van der Waals surface area contributed by atoms with Crippen LogP contribution in [0.5, 0.6) is 5.75 Å². The number of carbonyl (C=O) groups excluding carboxylic acids is 1. The lowest BCUT2D eigenvalue weighted by Crippen LogP contribution is -2.48. The molecular formula is C20H24N2O3. The zero-order chi connectivity index (χ0) is 17.5. The number of nitrogens with zero attached hydrogens (tertiary/aromatic N) is 2. The molecule has 1 fully saturated rings. The number of hydrogen-bond acceptors (Lipinski definition) is 4. The normalized spacial score (nSPS) is 14.4. The van der Waals surface area contributed by atoms with Crippen molar-refractivity contribution in [1.82, 2.24) is 4.90 Å². The van der Waals surface area contributed by atoms with Crippen LogP contribution in [0.25, 0.3) is 0 Å². The Hall–Kier alpha value is -2.53. The molecule has 1 saturated heterocycles. The smallest absolute Gasteiger partial charge is 0.253 e. The second-order valence-corrected chi connectivity index (χ2v) is 5.95. The molecule has 2 aromatic rings. The van der Waals surface area contributed by atoms with E-state index < -0.39 is 0 Å². The van der Waals surface area contributed by atoms with Crippen LogP contribution in [-0.4, -0.2) is 57.3 Å². The quantitative estimate of drug-likeness (QED) is 0.758. The molecule has 0 spiro atoms. The molecule has 1 heterocycles. The molecule has 0 aromatic heterocycles. The molecule has 0 N–H and O–H groups in total. The Morgan fingerprint density at radius 2 is 1.60 bits per heavy atom. The number of rotatable bonds is 6. The first kappa shape index (κ1) is 17.3. The fourth-order valence-electron chi connectivity index (χ4n) is 2.99. The van der Waals surface area contributed by atoms with Crippen molar-refractivity contribution in [2.24, 2.45) is 0 Å². The van der Waals surface area contributed by atoms with Crippen LogP contribution in [0, 0.1) is 0 Å². The first-order chi connectivity index (χ1) is 12.3. The molecule has 0 saturated carbocycles. The van der Waals surface area contributed by atoms with E-state index in [1.807, 2.05) is 53.4 Å². The molecule has 5 heteroatoms. The highest BCUT2D eigenvalue weighted by Crippen LogP contribution is 2.29. The van der Waals surface area contributed by atoms with Crippen LogP contribution in [0.3, 0.4) is 0 Å².